The van der Waals surface area contributed by atoms with Crippen molar-refractivity contribution >= 4 is 28.1 Å². The van der Waals surface area contributed by atoms with Crippen molar-refractivity contribution in [1.29, 1.82) is 0 Å². The van der Waals surface area contributed by atoms with Crippen molar-refractivity contribution in [3.8, 4) is 0 Å². The molecule has 2 aromatic rings. The Morgan fingerprint density at radius 3 is 2.05 bits per heavy atom. The molecular formula is C15H18N2O3. The van der Waals surface area contributed by atoms with E-state index in [1.165, 1.54) is 6.92 Å². The zero-order chi connectivity index (χ0) is 15.0. The van der Waals surface area contributed by atoms with Gasteiger partial charge < -0.3 is 14.2 Å². The van der Waals surface area contributed by atoms with E-state index in [0.29, 0.717) is 5.58 Å². The summed E-state index contributed by atoms with van der Waals surface area (Å²) >= 11 is 0. The minimum atomic E-state index is -0.590. The Bertz CT molecular complexity index is 730. The molecule has 0 bridgehead atoms. The predicted octanol–water partition coefficient (Wildman–Crippen LogP) is 2.13. The number of nitrogens with zero attached hydrogens (tertiary/aromatic N) is 2. The molecule has 0 saturated carbocycles. The third kappa shape index (κ3) is 2.39. The van der Waals surface area contributed by atoms with E-state index in [9.17, 15) is 9.59 Å². The van der Waals surface area contributed by atoms with E-state index in [0.717, 1.165) is 16.8 Å². The van der Waals surface area contributed by atoms with E-state index >= 15 is 0 Å². The smallest absolute Gasteiger partial charge is 0.347 e. The second-order valence-electron chi connectivity index (χ2n) is 5.17. The average Bonchev–Trinajstić information content (AvgIpc) is 2.35. The van der Waals surface area contributed by atoms with Crippen molar-refractivity contribution in [2.45, 2.75) is 6.92 Å². The monoisotopic (exact) mass is 274 g/mol. The van der Waals surface area contributed by atoms with Gasteiger partial charge in [0.1, 0.15) is 11.1 Å². The Balaban J connectivity index is 2.81. The molecule has 0 spiro atoms. The van der Waals surface area contributed by atoms with Crippen LogP contribution in [0, 0.1) is 0 Å². The summed E-state index contributed by atoms with van der Waals surface area (Å²) in [5.74, 6) is -0.288. The van der Waals surface area contributed by atoms with Gasteiger partial charge in [-0.25, -0.2) is 4.79 Å². The molecule has 0 radical (unpaired) electrons. The number of fused-ring (bicyclic) bond motifs is 1. The molecule has 0 unspecified atom stereocenters. The first kappa shape index (κ1) is 14.1. The summed E-state index contributed by atoms with van der Waals surface area (Å²) in [4.78, 5) is 27.1. The molecule has 0 N–H and O–H groups in total. The molecule has 1 heterocycles. The Morgan fingerprint density at radius 1 is 1.00 bits per heavy atom. The fourth-order valence-corrected chi connectivity index (χ4v) is 2.11. The van der Waals surface area contributed by atoms with Crippen LogP contribution in [0.4, 0.5) is 11.4 Å². The SMILES string of the molecule is CC(=O)c1cc2cc(N(C)C)c(N(C)C)cc2oc1=O. The van der Waals surface area contributed by atoms with Crippen LogP contribution in [0.15, 0.2) is 27.4 Å². The standard InChI is InChI=1S/C15H18N2O3/c1-9(18)11-6-10-7-12(16(2)3)13(17(4)5)8-14(10)20-15(11)19/h6-8H,1-5H3. The van der Waals surface area contributed by atoms with Crippen LogP contribution in [-0.4, -0.2) is 34.0 Å². The van der Waals surface area contributed by atoms with E-state index in [2.05, 4.69) is 0 Å². The number of rotatable bonds is 3. The largest absolute Gasteiger partial charge is 0.422 e. The van der Waals surface area contributed by atoms with Gasteiger partial charge in [-0.2, -0.15) is 0 Å². The highest BCUT2D eigenvalue weighted by molar-refractivity contribution is 5.98. The third-order valence-electron chi connectivity index (χ3n) is 3.17. The van der Waals surface area contributed by atoms with Crippen LogP contribution < -0.4 is 15.4 Å². The molecule has 0 aliphatic rings. The lowest BCUT2D eigenvalue weighted by molar-refractivity contribution is 0.101. The minimum absolute atomic E-state index is 0.0832. The maximum Gasteiger partial charge on any atom is 0.347 e. The maximum absolute atomic E-state index is 11.8. The molecule has 0 atom stereocenters. The zero-order valence-electron chi connectivity index (χ0n) is 12.4. The Morgan fingerprint density at radius 2 is 1.55 bits per heavy atom. The molecule has 0 saturated heterocycles. The Kier molecular flexibility index (Phi) is 3.53. The Hall–Kier alpha value is -2.30. The van der Waals surface area contributed by atoms with Gasteiger partial charge in [-0.05, 0) is 19.1 Å². The van der Waals surface area contributed by atoms with E-state index in [1.807, 2.05) is 50.1 Å². The number of carbonyl (C=O) groups is 1. The summed E-state index contributed by atoms with van der Waals surface area (Å²) in [6.45, 7) is 1.36. The molecule has 2 rings (SSSR count). The van der Waals surface area contributed by atoms with Crippen LogP contribution in [0.5, 0.6) is 0 Å². The van der Waals surface area contributed by atoms with Gasteiger partial charge in [-0.15, -0.1) is 0 Å². The quantitative estimate of drug-likeness (QED) is 0.634. The van der Waals surface area contributed by atoms with Crippen LogP contribution in [0.1, 0.15) is 17.3 Å². The number of ketones is 1. The number of hydrogen-bond donors (Lipinski definition) is 0. The van der Waals surface area contributed by atoms with Crippen molar-refractivity contribution in [1.82, 2.24) is 0 Å². The van der Waals surface area contributed by atoms with Gasteiger partial charge in [0, 0.05) is 39.6 Å². The highest BCUT2D eigenvalue weighted by Gasteiger charge is 2.14. The van der Waals surface area contributed by atoms with Crippen molar-refractivity contribution in [3.63, 3.8) is 0 Å². The van der Waals surface area contributed by atoms with Gasteiger partial charge in [0.15, 0.2) is 5.78 Å². The molecule has 0 fully saturated rings. The summed E-state index contributed by atoms with van der Waals surface area (Å²) in [5, 5.41) is 0.740. The normalized spacial score (nSPS) is 10.7. The lowest BCUT2D eigenvalue weighted by atomic mass is 10.1. The topological polar surface area (TPSA) is 53.8 Å². The highest BCUT2D eigenvalue weighted by atomic mass is 16.4. The third-order valence-corrected chi connectivity index (χ3v) is 3.17. The lowest BCUT2D eigenvalue weighted by Gasteiger charge is -2.23. The summed E-state index contributed by atoms with van der Waals surface area (Å²) in [6.07, 6.45) is 0. The van der Waals surface area contributed by atoms with Gasteiger partial charge in [-0.3, -0.25) is 4.79 Å². The van der Waals surface area contributed by atoms with E-state index in [-0.39, 0.29) is 11.3 Å². The van der Waals surface area contributed by atoms with Crippen molar-refractivity contribution < 1.29 is 9.21 Å². The Labute approximate surface area is 117 Å². The molecule has 5 nitrogen and oxygen atoms in total. The first-order valence-electron chi connectivity index (χ1n) is 6.28. The van der Waals surface area contributed by atoms with Crippen LogP contribution in [0.2, 0.25) is 0 Å². The molecule has 106 valence electrons. The van der Waals surface area contributed by atoms with Crippen molar-refractivity contribution in [2.24, 2.45) is 0 Å². The fraction of sp³-hybridized carbons (Fsp3) is 0.333. The maximum atomic E-state index is 11.8. The van der Waals surface area contributed by atoms with Crippen molar-refractivity contribution in [2.75, 3.05) is 38.0 Å². The number of carbonyl (C=O) groups excluding carboxylic acids is 1. The van der Waals surface area contributed by atoms with Gasteiger partial charge in [-0.1, -0.05) is 0 Å². The minimum Gasteiger partial charge on any atom is -0.422 e. The molecule has 0 aliphatic heterocycles. The summed E-state index contributed by atoms with van der Waals surface area (Å²) in [5.41, 5.74) is 1.91. The van der Waals surface area contributed by atoms with Gasteiger partial charge in [0.05, 0.1) is 11.4 Å². The number of benzene rings is 1. The van der Waals surface area contributed by atoms with Crippen LogP contribution in [-0.2, 0) is 0 Å². The molecule has 1 aromatic carbocycles. The lowest BCUT2D eigenvalue weighted by Crippen LogP contribution is -2.17. The van der Waals surface area contributed by atoms with Gasteiger partial charge >= 0.3 is 5.63 Å². The van der Waals surface area contributed by atoms with Crippen LogP contribution in [0.25, 0.3) is 11.0 Å². The predicted molar refractivity (Wildman–Crippen MR) is 81.1 cm³/mol. The van der Waals surface area contributed by atoms with E-state index in [4.69, 9.17) is 4.42 Å². The zero-order valence-corrected chi connectivity index (χ0v) is 12.4. The van der Waals surface area contributed by atoms with Crippen LogP contribution in [0.3, 0.4) is 0 Å². The number of anilines is 2. The second-order valence-corrected chi connectivity index (χ2v) is 5.17. The molecule has 0 amide bonds. The molecule has 5 heteroatoms. The first-order valence-corrected chi connectivity index (χ1v) is 6.28. The summed E-state index contributed by atoms with van der Waals surface area (Å²) in [6, 6.07) is 5.33. The van der Waals surface area contributed by atoms with E-state index in [1.54, 1.807) is 6.07 Å². The molecule has 20 heavy (non-hydrogen) atoms. The second kappa shape index (κ2) is 5.00. The molecule has 0 aliphatic carbocycles. The van der Waals surface area contributed by atoms with Gasteiger partial charge in [0.25, 0.3) is 0 Å². The average molecular weight is 274 g/mol. The summed E-state index contributed by atoms with van der Waals surface area (Å²) < 4.78 is 5.26. The number of hydrogen-bond acceptors (Lipinski definition) is 5. The van der Waals surface area contributed by atoms with Gasteiger partial charge in [0.2, 0.25) is 0 Å². The molecule has 1 aromatic heterocycles. The van der Waals surface area contributed by atoms with Crippen LogP contribution >= 0.6 is 0 Å². The highest BCUT2D eigenvalue weighted by Crippen LogP contribution is 2.31. The first-order chi connectivity index (χ1) is 9.31. The number of Topliss-reactive ketones (excluding diaryl/α,β-unsaturated/α-hetero) is 1. The fourth-order valence-electron chi connectivity index (χ4n) is 2.11. The van der Waals surface area contributed by atoms with E-state index < -0.39 is 5.63 Å². The summed E-state index contributed by atoms with van der Waals surface area (Å²) in [7, 11) is 7.74. The molecular weight excluding hydrogens is 256 g/mol. The van der Waals surface area contributed by atoms with Crippen molar-refractivity contribution in [3.05, 3.63) is 34.2 Å².